The number of nitrogens with one attached hydrogen (secondary N) is 3. The second-order valence-electron chi connectivity index (χ2n) is 10.2. The van der Waals surface area contributed by atoms with Gasteiger partial charge >= 0.3 is 0 Å². The molecule has 0 saturated carbocycles. The van der Waals surface area contributed by atoms with Crippen LogP contribution in [0.2, 0.25) is 0 Å². The number of carbonyl (C=O) groups is 3. The number of aryl methyl sites for hydroxylation is 1. The van der Waals surface area contributed by atoms with Crippen molar-refractivity contribution in [3.05, 3.63) is 126 Å². The molecule has 226 valence electrons. The van der Waals surface area contributed by atoms with E-state index in [4.69, 9.17) is 4.74 Å². The Morgan fingerprint density at radius 3 is 2.27 bits per heavy atom. The number of anilines is 2. The molecule has 3 amide bonds. The van der Waals surface area contributed by atoms with Crippen molar-refractivity contribution < 1.29 is 19.1 Å². The van der Waals surface area contributed by atoms with E-state index in [-0.39, 0.29) is 17.5 Å². The average molecular weight is 608 g/mol. The molecule has 4 aromatic rings. The Kier molecular flexibility index (Phi) is 11.8. The molecule has 4 rings (SSSR count). The van der Waals surface area contributed by atoms with Gasteiger partial charge in [-0.15, -0.1) is 11.8 Å². The first-order valence-electron chi connectivity index (χ1n) is 14.6. The molecule has 1 unspecified atom stereocenters. The molecule has 0 heterocycles. The summed E-state index contributed by atoms with van der Waals surface area (Å²) in [7, 11) is 0. The van der Waals surface area contributed by atoms with Gasteiger partial charge in [-0.3, -0.25) is 14.4 Å². The number of benzene rings is 4. The van der Waals surface area contributed by atoms with Gasteiger partial charge in [0.2, 0.25) is 5.91 Å². The van der Waals surface area contributed by atoms with E-state index in [2.05, 4.69) is 22.9 Å². The largest absolute Gasteiger partial charge is 0.494 e. The third-order valence-electron chi connectivity index (χ3n) is 6.58. The van der Waals surface area contributed by atoms with Crippen LogP contribution in [-0.2, 0) is 9.59 Å². The Labute approximate surface area is 263 Å². The summed E-state index contributed by atoms with van der Waals surface area (Å²) >= 11 is 1.38. The van der Waals surface area contributed by atoms with Crippen molar-refractivity contribution in [3.63, 3.8) is 0 Å². The van der Waals surface area contributed by atoms with Crippen molar-refractivity contribution >= 4 is 46.9 Å². The molecule has 0 bridgehead atoms. The van der Waals surface area contributed by atoms with Crippen LogP contribution < -0.4 is 20.7 Å². The number of unbranched alkanes of at least 4 members (excludes halogenated alkanes) is 1. The first-order chi connectivity index (χ1) is 21.3. The van der Waals surface area contributed by atoms with Crippen molar-refractivity contribution in [3.8, 4) is 5.75 Å². The van der Waals surface area contributed by atoms with Gasteiger partial charge in [-0.2, -0.15) is 0 Å². The fourth-order valence-electron chi connectivity index (χ4n) is 4.09. The monoisotopic (exact) mass is 607 g/mol. The predicted octanol–water partition coefficient (Wildman–Crippen LogP) is 7.70. The Bertz CT molecular complexity index is 1590. The van der Waals surface area contributed by atoms with Gasteiger partial charge in [0.1, 0.15) is 11.4 Å². The van der Waals surface area contributed by atoms with Crippen LogP contribution >= 0.6 is 11.8 Å². The van der Waals surface area contributed by atoms with Gasteiger partial charge in [0.25, 0.3) is 11.8 Å². The predicted molar refractivity (Wildman–Crippen MR) is 179 cm³/mol. The molecule has 0 aliphatic heterocycles. The molecule has 0 saturated heterocycles. The Hall–Kier alpha value is -4.82. The maximum absolute atomic E-state index is 13.4. The maximum atomic E-state index is 13.4. The van der Waals surface area contributed by atoms with Gasteiger partial charge in [-0.1, -0.05) is 67.4 Å². The van der Waals surface area contributed by atoms with Crippen LogP contribution in [0.4, 0.5) is 11.4 Å². The van der Waals surface area contributed by atoms with E-state index < -0.39 is 11.2 Å². The van der Waals surface area contributed by atoms with Gasteiger partial charge in [-0.25, -0.2) is 0 Å². The molecular weight excluding hydrogens is 570 g/mol. The van der Waals surface area contributed by atoms with Crippen LogP contribution in [0.5, 0.6) is 5.75 Å². The number of carbonyl (C=O) groups excluding carboxylic acids is 3. The molecule has 0 fully saturated rings. The van der Waals surface area contributed by atoms with E-state index >= 15 is 0 Å². The minimum atomic E-state index is -0.468. The van der Waals surface area contributed by atoms with E-state index in [1.165, 1.54) is 11.8 Å². The SMILES string of the molecule is CCCCOc1ccc(NC(=O)C(C)Sc2cccc(NC(=O)/C(=C/c3ccc(C)cc3)NC(=O)c3ccccc3)c2)cc1. The molecule has 0 aliphatic rings. The first-order valence-corrected chi connectivity index (χ1v) is 15.4. The zero-order chi connectivity index (χ0) is 31.3. The smallest absolute Gasteiger partial charge is 0.272 e. The molecule has 0 aromatic heterocycles. The number of hydrogen-bond acceptors (Lipinski definition) is 5. The summed E-state index contributed by atoms with van der Waals surface area (Å²) < 4.78 is 5.69. The molecule has 0 aliphatic carbocycles. The van der Waals surface area contributed by atoms with Gasteiger partial charge in [0.15, 0.2) is 0 Å². The summed E-state index contributed by atoms with van der Waals surface area (Å²) in [6, 6.07) is 31.0. The molecule has 3 N–H and O–H groups in total. The normalized spacial score (nSPS) is 11.8. The van der Waals surface area contributed by atoms with E-state index in [0.29, 0.717) is 23.5 Å². The van der Waals surface area contributed by atoms with E-state index in [1.54, 1.807) is 42.5 Å². The highest BCUT2D eigenvalue weighted by atomic mass is 32.2. The van der Waals surface area contributed by atoms with Crippen molar-refractivity contribution in [2.45, 2.75) is 43.8 Å². The van der Waals surface area contributed by atoms with Gasteiger partial charge in [0.05, 0.1) is 11.9 Å². The van der Waals surface area contributed by atoms with E-state index in [1.807, 2.05) is 80.6 Å². The van der Waals surface area contributed by atoms with Crippen LogP contribution in [0, 0.1) is 6.92 Å². The lowest BCUT2D eigenvalue weighted by molar-refractivity contribution is -0.115. The highest BCUT2D eigenvalue weighted by Gasteiger charge is 2.17. The standard InChI is InChI=1S/C36H37N3O4S/c1-4-5-22-43-31-20-18-29(19-21-31)37-34(40)26(3)44-32-13-9-12-30(24-32)38-36(42)33(23-27-16-14-25(2)15-17-27)39-35(41)28-10-7-6-8-11-28/h6-21,23-24,26H,4-5,22H2,1-3H3,(H,37,40)(H,38,42)(H,39,41)/b33-23-. The lowest BCUT2D eigenvalue weighted by Crippen LogP contribution is -2.30. The molecule has 44 heavy (non-hydrogen) atoms. The van der Waals surface area contributed by atoms with Gasteiger partial charge in [0, 0.05) is 21.8 Å². The van der Waals surface area contributed by atoms with E-state index in [0.717, 1.165) is 34.6 Å². The van der Waals surface area contributed by atoms with Crippen LogP contribution in [0.3, 0.4) is 0 Å². The number of thioether (sulfide) groups is 1. The highest BCUT2D eigenvalue weighted by Crippen LogP contribution is 2.27. The van der Waals surface area contributed by atoms with Crippen molar-refractivity contribution in [2.24, 2.45) is 0 Å². The Morgan fingerprint density at radius 1 is 0.841 bits per heavy atom. The van der Waals surface area contributed by atoms with Crippen LogP contribution in [0.15, 0.2) is 114 Å². The minimum Gasteiger partial charge on any atom is -0.494 e. The maximum Gasteiger partial charge on any atom is 0.272 e. The molecule has 0 radical (unpaired) electrons. The third-order valence-corrected chi connectivity index (χ3v) is 7.67. The lowest BCUT2D eigenvalue weighted by atomic mass is 10.1. The minimum absolute atomic E-state index is 0.107. The summed E-state index contributed by atoms with van der Waals surface area (Å²) in [6.07, 6.45) is 3.71. The molecule has 0 spiro atoms. The molecular formula is C36H37N3O4S. The summed E-state index contributed by atoms with van der Waals surface area (Å²) in [4.78, 5) is 40.0. The molecule has 8 heteroatoms. The number of amides is 3. The van der Waals surface area contributed by atoms with Crippen molar-refractivity contribution in [1.82, 2.24) is 5.32 Å². The Morgan fingerprint density at radius 2 is 1.57 bits per heavy atom. The third kappa shape index (κ3) is 9.88. The second kappa shape index (κ2) is 16.1. The van der Waals surface area contributed by atoms with Crippen LogP contribution in [0.1, 0.15) is 48.2 Å². The number of rotatable bonds is 13. The summed E-state index contributed by atoms with van der Waals surface area (Å²) in [5, 5.41) is 8.19. The lowest BCUT2D eigenvalue weighted by Gasteiger charge is -2.14. The Balaban J connectivity index is 1.41. The van der Waals surface area contributed by atoms with Gasteiger partial charge in [-0.05, 0) is 86.5 Å². The second-order valence-corrected chi connectivity index (χ2v) is 11.7. The number of hydrogen-bond donors (Lipinski definition) is 3. The zero-order valence-electron chi connectivity index (χ0n) is 25.1. The summed E-state index contributed by atoms with van der Waals surface area (Å²) in [5.41, 5.74) is 3.64. The zero-order valence-corrected chi connectivity index (χ0v) is 25.9. The van der Waals surface area contributed by atoms with Crippen LogP contribution in [-0.4, -0.2) is 29.6 Å². The van der Waals surface area contributed by atoms with Gasteiger partial charge < -0.3 is 20.7 Å². The quantitative estimate of drug-likeness (QED) is 0.0822. The fourth-order valence-corrected chi connectivity index (χ4v) is 5.01. The average Bonchev–Trinajstić information content (AvgIpc) is 3.03. The summed E-state index contributed by atoms with van der Waals surface area (Å²) in [6.45, 7) is 6.59. The molecule has 1 atom stereocenters. The topological polar surface area (TPSA) is 96.5 Å². The van der Waals surface area contributed by atoms with E-state index in [9.17, 15) is 14.4 Å². The van der Waals surface area contributed by atoms with Crippen LogP contribution in [0.25, 0.3) is 6.08 Å². The summed E-state index contributed by atoms with van der Waals surface area (Å²) in [5.74, 6) is -0.225. The molecule has 7 nitrogen and oxygen atoms in total. The highest BCUT2D eigenvalue weighted by molar-refractivity contribution is 8.00. The van der Waals surface area contributed by atoms with Crippen molar-refractivity contribution in [1.29, 1.82) is 0 Å². The fraction of sp³-hybridized carbons (Fsp3) is 0.194. The molecule has 4 aromatic carbocycles. The van der Waals surface area contributed by atoms with Crippen molar-refractivity contribution in [2.75, 3.05) is 17.2 Å². The first kappa shape index (κ1) is 32.1. The number of ether oxygens (including phenoxy) is 1.